The Balaban J connectivity index is 1.69. The first kappa shape index (κ1) is 14.4. The first-order valence-corrected chi connectivity index (χ1v) is 7.23. The molecule has 0 fully saturated rings. The Morgan fingerprint density at radius 1 is 1.11 bits per heavy atom. The van der Waals surface area contributed by atoms with Gasteiger partial charge in [-0.1, -0.05) is 51.8 Å². The van der Waals surface area contributed by atoms with Crippen molar-refractivity contribution in [3.8, 4) is 0 Å². The lowest BCUT2D eigenvalue weighted by Gasteiger charge is -2.08. The third-order valence-corrected chi connectivity index (χ3v) is 3.48. The van der Waals surface area contributed by atoms with Crippen LogP contribution in [0.15, 0.2) is 53.0 Å². The van der Waals surface area contributed by atoms with Crippen LogP contribution >= 0.6 is 27.5 Å². The van der Waals surface area contributed by atoms with Gasteiger partial charge in [-0.25, -0.2) is 0 Å². The van der Waals surface area contributed by atoms with Crippen LogP contribution in [0.2, 0.25) is 5.02 Å². The molecule has 2 rings (SSSR count). The lowest BCUT2D eigenvalue weighted by atomic mass is 10.2. The van der Waals surface area contributed by atoms with Crippen LogP contribution in [0.4, 0.5) is 5.69 Å². The summed E-state index contributed by atoms with van der Waals surface area (Å²) in [6.07, 6.45) is 0. The van der Waals surface area contributed by atoms with Gasteiger partial charge in [-0.15, -0.1) is 0 Å². The van der Waals surface area contributed by atoms with Gasteiger partial charge >= 0.3 is 0 Å². The van der Waals surface area contributed by atoms with Gasteiger partial charge < -0.3 is 10.1 Å². The standard InChI is InChI=1S/C15H15BrClNO/c16-13-5-3-6-14(10-13)18-8-9-19-11-12-4-1-2-7-15(12)17/h1-7,10,18H,8-9,11H2. The van der Waals surface area contributed by atoms with Crippen molar-refractivity contribution < 1.29 is 4.74 Å². The molecular formula is C15H15BrClNO. The zero-order valence-corrected chi connectivity index (χ0v) is 12.7. The average molecular weight is 341 g/mol. The van der Waals surface area contributed by atoms with Crippen molar-refractivity contribution in [2.75, 3.05) is 18.5 Å². The van der Waals surface area contributed by atoms with E-state index in [4.69, 9.17) is 16.3 Å². The molecule has 0 aromatic heterocycles. The average Bonchev–Trinajstić information content (AvgIpc) is 2.40. The zero-order chi connectivity index (χ0) is 13.5. The van der Waals surface area contributed by atoms with Crippen LogP contribution in [0.3, 0.4) is 0 Å². The highest BCUT2D eigenvalue weighted by Crippen LogP contribution is 2.16. The molecular weight excluding hydrogens is 326 g/mol. The number of halogens is 2. The van der Waals surface area contributed by atoms with E-state index in [0.717, 1.165) is 27.3 Å². The van der Waals surface area contributed by atoms with E-state index in [1.807, 2.05) is 48.5 Å². The molecule has 0 spiro atoms. The van der Waals surface area contributed by atoms with Crippen molar-refractivity contribution in [3.63, 3.8) is 0 Å². The van der Waals surface area contributed by atoms with E-state index in [1.54, 1.807) is 0 Å². The fourth-order valence-electron chi connectivity index (χ4n) is 1.66. The van der Waals surface area contributed by atoms with Crippen LogP contribution in [0, 0.1) is 0 Å². The van der Waals surface area contributed by atoms with Crippen LogP contribution in [-0.2, 0) is 11.3 Å². The second-order valence-electron chi connectivity index (χ2n) is 4.08. The van der Waals surface area contributed by atoms with Crippen molar-refractivity contribution in [1.29, 1.82) is 0 Å². The van der Waals surface area contributed by atoms with Crippen molar-refractivity contribution in [1.82, 2.24) is 0 Å². The second kappa shape index (κ2) is 7.53. The van der Waals surface area contributed by atoms with Crippen molar-refractivity contribution in [2.24, 2.45) is 0 Å². The molecule has 0 aliphatic carbocycles. The molecule has 2 aromatic carbocycles. The molecule has 0 amide bonds. The minimum Gasteiger partial charge on any atom is -0.383 e. The molecule has 0 aliphatic heterocycles. The summed E-state index contributed by atoms with van der Waals surface area (Å²) in [6, 6.07) is 15.8. The number of nitrogens with one attached hydrogen (secondary N) is 1. The summed E-state index contributed by atoms with van der Waals surface area (Å²) in [5, 5.41) is 4.05. The third kappa shape index (κ3) is 4.86. The lowest BCUT2D eigenvalue weighted by molar-refractivity contribution is 0.130. The summed E-state index contributed by atoms with van der Waals surface area (Å²) < 4.78 is 6.66. The molecule has 100 valence electrons. The maximum absolute atomic E-state index is 6.05. The van der Waals surface area contributed by atoms with Gasteiger partial charge in [0.15, 0.2) is 0 Å². The first-order chi connectivity index (χ1) is 9.25. The number of anilines is 1. The molecule has 0 bridgehead atoms. The van der Waals surface area contributed by atoms with E-state index in [0.29, 0.717) is 13.2 Å². The fraction of sp³-hybridized carbons (Fsp3) is 0.200. The van der Waals surface area contributed by atoms with E-state index >= 15 is 0 Å². The Bertz CT molecular complexity index is 533. The monoisotopic (exact) mass is 339 g/mol. The molecule has 2 aromatic rings. The summed E-state index contributed by atoms with van der Waals surface area (Å²) in [5.74, 6) is 0. The lowest BCUT2D eigenvalue weighted by Crippen LogP contribution is -2.09. The summed E-state index contributed by atoms with van der Waals surface area (Å²) >= 11 is 9.49. The van der Waals surface area contributed by atoms with Gasteiger partial charge in [0.25, 0.3) is 0 Å². The van der Waals surface area contributed by atoms with Crippen LogP contribution < -0.4 is 5.32 Å². The molecule has 19 heavy (non-hydrogen) atoms. The van der Waals surface area contributed by atoms with Gasteiger partial charge in [-0.2, -0.15) is 0 Å². The van der Waals surface area contributed by atoms with Crippen molar-refractivity contribution in [2.45, 2.75) is 6.61 Å². The predicted octanol–water partition coefficient (Wildman–Crippen LogP) is 4.73. The fourth-order valence-corrected chi connectivity index (χ4v) is 2.25. The van der Waals surface area contributed by atoms with Gasteiger partial charge in [0.2, 0.25) is 0 Å². The van der Waals surface area contributed by atoms with Crippen LogP contribution in [-0.4, -0.2) is 13.2 Å². The van der Waals surface area contributed by atoms with E-state index in [9.17, 15) is 0 Å². The number of ether oxygens (including phenoxy) is 1. The normalized spacial score (nSPS) is 10.4. The Morgan fingerprint density at radius 2 is 1.95 bits per heavy atom. The van der Waals surface area contributed by atoms with Gasteiger partial charge in [0.1, 0.15) is 0 Å². The van der Waals surface area contributed by atoms with E-state index < -0.39 is 0 Å². The smallest absolute Gasteiger partial charge is 0.0732 e. The molecule has 0 saturated heterocycles. The SMILES string of the molecule is Clc1ccccc1COCCNc1cccc(Br)c1. The molecule has 4 heteroatoms. The molecule has 0 radical (unpaired) electrons. The van der Waals surface area contributed by atoms with Crippen molar-refractivity contribution >= 4 is 33.2 Å². The third-order valence-electron chi connectivity index (χ3n) is 2.62. The Morgan fingerprint density at radius 3 is 2.74 bits per heavy atom. The molecule has 0 unspecified atom stereocenters. The maximum atomic E-state index is 6.05. The van der Waals surface area contributed by atoms with E-state index in [1.165, 1.54) is 0 Å². The Hall–Kier alpha value is -1.03. The highest BCUT2D eigenvalue weighted by atomic mass is 79.9. The van der Waals surface area contributed by atoms with Crippen LogP contribution in [0.25, 0.3) is 0 Å². The number of rotatable bonds is 6. The van der Waals surface area contributed by atoms with Crippen LogP contribution in [0.5, 0.6) is 0 Å². The minimum absolute atomic E-state index is 0.542. The van der Waals surface area contributed by atoms with Crippen molar-refractivity contribution in [3.05, 3.63) is 63.6 Å². The summed E-state index contributed by atoms with van der Waals surface area (Å²) in [6.45, 7) is 1.94. The Kier molecular flexibility index (Phi) is 5.70. The highest BCUT2D eigenvalue weighted by Gasteiger charge is 1.98. The summed E-state index contributed by atoms with van der Waals surface area (Å²) in [7, 11) is 0. The maximum Gasteiger partial charge on any atom is 0.0732 e. The number of benzene rings is 2. The number of hydrogen-bond acceptors (Lipinski definition) is 2. The van der Waals surface area contributed by atoms with Gasteiger partial charge in [-0.3, -0.25) is 0 Å². The Labute approximate surface area is 126 Å². The molecule has 0 aliphatic rings. The summed E-state index contributed by atoms with van der Waals surface area (Å²) in [4.78, 5) is 0. The van der Waals surface area contributed by atoms with Crippen LogP contribution in [0.1, 0.15) is 5.56 Å². The molecule has 0 heterocycles. The zero-order valence-electron chi connectivity index (χ0n) is 10.4. The molecule has 2 nitrogen and oxygen atoms in total. The molecule has 0 saturated carbocycles. The molecule has 0 atom stereocenters. The van der Waals surface area contributed by atoms with E-state index in [2.05, 4.69) is 21.2 Å². The van der Waals surface area contributed by atoms with Gasteiger partial charge in [-0.05, 0) is 29.8 Å². The quantitative estimate of drug-likeness (QED) is 0.768. The second-order valence-corrected chi connectivity index (χ2v) is 5.40. The highest BCUT2D eigenvalue weighted by molar-refractivity contribution is 9.10. The first-order valence-electron chi connectivity index (χ1n) is 6.06. The minimum atomic E-state index is 0.542. The van der Waals surface area contributed by atoms with E-state index in [-0.39, 0.29) is 0 Å². The largest absolute Gasteiger partial charge is 0.383 e. The number of hydrogen-bond donors (Lipinski definition) is 1. The van der Waals surface area contributed by atoms with Gasteiger partial charge in [0.05, 0.1) is 13.2 Å². The molecule has 1 N–H and O–H groups in total. The predicted molar refractivity (Wildman–Crippen MR) is 83.7 cm³/mol. The topological polar surface area (TPSA) is 21.3 Å². The summed E-state index contributed by atoms with van der Waals surface area (Å²) in [5.41, 5.74) is 2.10. The van der Waals surface area contributed by atoms with Gasteiger partial charge in [0, 0.05) is 21.7 Å².